The van der Waals surface area contributed by atoms with Gasteiger partial charge in [0.15, 0.2) is 0 Å². The van der Waals surface area contributed by atoms with Gasteiger partial charge in [-0.05, 0) is 92.1 Å². The molecule has 262 valence electrons. The van der Waals surface area contributed by atoms with E-state index in [0.29, 0.717) is 38.7 Å². The minimum absolute atomic E-state index is 0.0153. The van der Waals surface area contributed by atoms with Gasteiger partial charge < -0.3 is 5.11 Å². The van der Waals surface area contributed by atoms with Gasteiger partial charge >= 0.3 is 0 Å². The Hall–Kier alpha value is -4.58. The maximum absolute atomic E-state index is 15.1. The molecule has 4 aliphatic rings. The summed E-state index contributed by atoms with van der Waals surface area (Å²) in [5.74, 6) is -4.42. The number of rotatable bonds is 4. The largest absolute Gasteiger partial charge is 0.508 e. The monoisotopic (exact) mass is 794 g/mol. The number of halogens is 2. The molecule has 2 saturated heterocycles. The number of hydrogen-bond donors (Lipinski definition) is 1. The van der Waals surface area contributed by atoms with E-state index in [1.165, 1.54) is 9.80 Å². The first-order chi connectivity index (χ1) is 24.9. The van der Waals surface area contributed by atoms with Crippen LogP contribution in [0.2, 0.25) is 5.02 Å². The maximum Gasteiger partial charge on any atom is 0.242 e. The smallest absolute Gasteiger partial charge is 0.242 e. The van der Waals surface area contributed by atoms with Crippen LogP contribution < -0.4 is 9.80 Å². The first kappa shape index (κ1) is 33.3. The molecule has 2 aromatic heterocycles. The van der Waals surface area contributed by atoms with Crippen LogP contribution in [0.3, 0.4) is 0 Å². The molecule has 0 unspecified atom stereocenters. The first-order valence-electron chi connectivity index (χ1n) is 17.1. The summed E-state index contributed by atoms with van der Waals surface area (Å²) in [6.45, 7) is 3.81. The Kier molecular flexibility index (Phi) is 7.49. The number of aryl methyl sites for hydroxylation is 2. The second-order valence-corrected chi connectivity index (χ2v) is 16.8. The molecule has 0 bridgehead atoms. The molecule has 3 fully saturated rings. The average Bonchev–Trinajstić information content (AvgIpc) is 3.80. The summed E-state index contributed by atoms with van der Waals surface area (Å²) in [7, 11) is 1.72. The summed E-state index contributed by atoms with van der Waals surface area (Å²) < 4.78 is 3.31. The second kappa shape index (κ2) is 11.7. The van der Waals surface area contributed by atoms with Crippen molar-refractivity contribution in [3.63, 3.8) is 0 Å². The summed E-state index contributed by atoms with van der Waals surface area (Å²) in [6.07, 6.45) is 2.50. The van der Waals surface area contributed by atoms with Gasteiger partial charge in [0.25, 0.3) is 0 Å². The molecule has 4 amide bonds. The van der Waals surface area contributed by atoms with E-state index in [9.17, 15) is 19.5 Å². The zero-order valence-corrected chi connectivity index (χ0v) is 31.5. The van der Waals surface area contributed by atoms with Gasteiger partial charge in [-0.25, -0.2) is 4.90 Å². The number of phenolic OH excluding ortho intramolecular Hbond substituents is 1. The van der Waals surface area contributed by atoms with Crippen molar-refractivity contribution in [1.82, 2.24) is 9.78 Å². The van der Waals surface area contributed by atoms with Gasteiger partial charge in [0.1, 0.15) is 17.3 Å². The lowest BCUT2D eigenvalue weighted by Gasteiger charge is -2.49. The first-order valence-corrected chi connectivity index (χ1v) is 19.1. The SMILES string of the molecule is Cc1c(-c2cc(N3C(=O)[C@@H]4C[C@@H]5C(=CC[C@@H]6C(=O)N(c7ccccc7)C(=O)[C@@H]65)[C@H](c5cc(Br)ccc5O)[C@]4(C)C3=O)n(C)n2)sc2ccc(Cl)cc12. The molecule has 9 nitrogen and oxygen atoms in total. The molecular weight excluding hydrogens is 764 g/mol. The van der Waals surface area contributed by atoms with E-state index in [2.05, 4.69) is 15.9 Å². The van der Waals surface area contributed by atoms with Crippen LogP contribution in [0.15, 0.2) is 88.9 Å². The van der Waals surface area contributed by atoms with E-state index in [-0.39, 0.29) is 29.9 Å². The van der Waals surface area contributed by atoms with Gasteiger partial charge in [0.2, 0.25) is 23.6 Å². The number of allylic oxidation sites excluding steroid dienone is 2. The number of aromatic hydroxyl groups is 1. The highest BCUT2D eigenvalue weighted by atomic mass is 79.9. The number of thiophene rings is 1. The van der Waals surface area contributed by atoms with Crippen molar-refractivity contribution >= 4 is 84.1 Å². The third kappa shape index (κ3) is 4.55. The molecular formula is C40H32BrClN4O5S. The average molecular weight is 796 g/mol. The highest BCUT2D eigenvalue weighted by Crippen LogP contribution is 2.64. The predicted octanol–water partition coefficient (Wildman–Crippen LogP) is 8.17. The molecule has 1 N–H and O–H groups in total. The molecule has 4 heterocycles. The van der Waals surface area contributed by atoms with Crippen molar-refractivity contribution in [2.24, 2.45) is 36.1 Å². The van der Waals surface area contributed by atoms with E-state index in [1.54, 1.807) is 78.5 Å². The number of hydrogen-bond acceptors (Lipinski definition) is 7. The van der Waals surface area contributed by atoms with Gasteiger partial charge in [-0.2, -0.15) is 5.10 Å². The molecule has 2 aliphatic heterocycles. The zero-order chi connectivity index (χ0) is 36.4. The van der Waals surface area contributed by atoms with Crippen molar-refractivity contribution < 1.29 is 24.3 Å². The Bertz CT molecular complexity index is 2440. The lowest BCUT2D eigenvalue weighted by molar-refractivity contribution is -0.131. The molecule has 3 aromatic carbocycles. The number of anilines is 2. The Morgan fingerprint density at radius 2 is 1.71 bits per heavy atom. The number of para-hydroxylation sites is 1. The Balaban J connectivity index is 1.17. The number of phenols is 1. The van der Waals surface area contributed by atoms with Gasteiger partial charge in [0, 0.05) is 38.8 Å². The second-order valence-electron chi connectivity index (χ2n) is 14.4. The molecule has 0 radical (unpaired) electrons. The van der Waals surface area contributed by atoms with Crippen LogP contribution in [0.4, 0.5) is 11.5 Å². The van der Waals surface area contributed by atoms with Crippen LogP contribution in [-0.2, 0) is 26.2 Å². The van der Waals surface area contributed by atoms with Crippen LogP contribution in [-0.4, -0.2) is 38.5 Å². The summed E-state index contributed by atoms with van der Waals surface area (Å²) in [6, 6.07) is 21.5. The number of nitrogens with zero attached hydrogens (tertiary/aromatic N) is 4. The van der Waals surface area contributed by atoms with Crippen molar-refractivity contribution in [2.75, 3.05) is 9.80 Å². The lowest BCUT2D eigenvalue weighted by atomic mass is 9.51. The van der Waals surface area contributed by atoms with Gasteiger partial charge in [-0.15, -0.1) is 11.3 Å². The third-order valence-electron chi connectivity index (χ3n) is 11.8. The molecule has 12 heteroatoms. The number of imide groups is 2. The quantitative estimate of drug-likeness (QED) is 0.145. The lowest BCUT2D eigenvalue weighted by Crippen LogP contribution is -2.49. The number of amides is 4. The number of carbonyl (C=O) groups excluding carboxylic acids is 4. The molecule has 2 aliphatic carbocycles. The number of fused-ring (bicyclic) bond motifs is 5. The predicted molar refractivity (Wildman–Crippen MR) is 203 cm³/mol. The topological polar surface area (TPSA) is 113 Å². The molecule has 1 saturated carbocycles. The van der Waals surface area contributed by atoms with Crippen molar-refractivity contribution in [1.29, 1.82) is 0 Å². The van der Waals surface area contributed by atoms with Gasteiger partial charge in [-0.3, -0.25) is 28.8 Å². The van der Waals surface area contributed by atoms with Crippen LogP contribution in [0.25, 0.3) is 20.7 Å². The van der Waals surface area contributed by atoms with Crippen molar-refractivity contribution in [3.8, 4) is 16.3 Å². The molecule has 5 aromatic rings. The van der Waals surface area contributed by atoms with Crippen LogP contribution in [0.5, 0.6) is 5.75 Å². The molecule has 0 spiro atoms. The Labute approximate surface area is 316 Å². The van der Waals surface area contributed by atoms with Crippen LogP contribution >= 0.6 is 38.9 Å². The summed E-state index contributed by atoms with van der Waals surface area (Å²) in [5, 5.41) is 17.8. The van der Waals surface area contributed by atoms with E-state index >= 15 is 4.79 Å². The van der Waals surface area contributed by atoms with E-state index in [4.69, 9.17) is 16.7 Å². The summed E-state index contributed by atoms with van der Waals surface area (Å²) >= 11 is 11.4. The third-order valence-corrected chi connectivity index (χ3v) is 13.8. The molecule has 9 rings (SSSR count). The van der Waals surface area contributed by atoms with Gasteiger partial charge in [0.05, 0.1) is 33.7 Å². The van der Waals surface area contributed by atoms with E-state index in [0.717, 1.165) is 26.1 Å². The fourth-order valence-electron chi connectivity index (χ4n) is 9.38. The minimum atomic E-state index is -1.32. The highest BCUT2D eigenvalue weighted by molar-refractivity contribution is 9.10. The summed E-state index contributed by atoms with van der Waals surface area (Å²) in [4.78, 5) is 61.5. The number of aromatic nitrogens is 2. The van der Waals surface area contributed by atoms with E-state index in [1.807, 2.05) is 37.3 Å². The van der Waals surface area contributed by atoms with Crippen molar-refractivity contribution in [3.05, 3.63) is 105 Å². The Morgan fingerprint density at radius 3 is 2.48 bits per heavy atom. The van der Waals surface area contributed by atoms with E-state index < -0.39 is 40.9 Å². The Morgan fingerprint density at radius 1 is 0.942 bits per heavy atom. The van der Waals surface area contributed by atoms with Crippen molar-refractivity contribution in [2.45, 2.75) is 32.6 Å². The van der Waals surface area contributed by atoms with Crippen LogP contribution in [0.1, 0.15) is 36.8 Å². The molecule has 6 atom stereocenters. The highest BCUT2D eigenvalue weighted by Gasteiger charge is 2.68. The standard InChI is InChI=1S/C40H32BrClN4O5S/c1-19-25-16-21(42)10-14-31(25)52-35(19)29-18-32(44(3)43-29)46-37(49)28-17-26-23(34(40(28,2)39(46)51)27-15-20(41)9-13-30(27)47)11-12-24-33(26)38(50)45(36(24)48)22-7-5-4-6-8-22/h4-11,13-16,18,24,26,28,33-34,47H,12,17H2,1-3H3/t24-,26+,28-,33-,34+,40+/m0/s1. The minimum Gasteiger partial charge on any atom is -0.508 e. The fraction of sp³-hybridized carbons (Fsp3) is 0.275. The number of benzene rings is 3. The maximum atomic E-state index is 15.1. The normalized spacial score (nSPS) is 26.9. The zero-order valence-electron chi connectivity index (χ0n) is 28.3. The summed E-state index contributed by atoms with van der Waals surface area (Å²) in [5.41, 5.74) is 2.12. The molecule has 52 heavy (non-hydrogen) atoms. The van der Waals surface area contributed by atoms with Crippen LogP contribution in [0, 0.1) is 36.0 Å². The number of carbonyl (C=O) groups is 4. The fourth-order valence-corrected chi connectivity index (χ4v) is 11.1. The van der Waals surface area contributed by atoms with Gasteiger partial charge in [-0.1, -0.05) is 57.4 Å².